The molecule has 4 aromatic rings. The fraction of sp³-hybridized carbons (Fsp3) is 0.182. The van der Waals surface area contributed by atoms with Crippen molar-refractivity contribution in [3.8, 4) is 22.8 Å². The molecule has 0 bridgehead atoms. The third kappa shape index (κ3) is 4.59. The molecule has 0 unspecified atom stereocenters. The Morgan fingerprint density at radius 3 is 2.39 bits per heavy atom. The molecule has 2 heterocycles. The number of hydrogen-bond donors (Lipinski definition) is 0. The molecule has 0 N–H and O–H groups in total. The van der Waals surface area contributed by atoms with Gasteiger partial charge in [0.1, 0.15) is 12.3 Å². The SMILES string of the molecule is CC(C)Oc1ccc(-c2noc(Cn3ccn(-c4ccc(Cl)cc4)c(=O)c3=O)n2)cc1. The monoisotopic (exact) mass is 438 g/mol. The molecule has 0 radical (unpaired) electrons. The normalized spacial score (nSPS) is 11.1. The third-order valence-corrected chi connectivity index (χ3v) is 4.67. The molecule has 0 aliphatic heterocycles. The summed E-state index contributed by atoms with van der Waals surface area (Å²) < 4.78 is 13.4. The Kier molecular flexibility index (Phi) is 5.73. The number of rotatable bonds is 6. The Hall–Kier alpha value is -3.65. The highest BCUT2D eigenvalue weighted by molar-refractivity contribution is 6.30. The highest BCUT2D eigenvalue weighted by Crippen LogP contribution is 2.21. The molecule has 9 heteroatoms. The van der Waals surface area contributed by atoms with Crippen LogP contribution in [-0.2, 0) is 6.54 Å². The van der Waals surface area contributed by atoms with Gasteiger partial charge in [0, 0.05) is 28.7 Å². The first-order valence-corrected chi connectivity index (χ1v) is 9.96. The van der Waals surface area contributed by atoms with Crippen molar-refractivity contribution in [1.29, 1.82) is 0 Å². The summed E-state index contributed by atoms with van der Waals surface area (Å²) in [5.41, 5.74) is -0.0991. The first-order valence-electron chi connectivity index (χ1n) is 9.58. The second-order valence-corrected chi connectivity index (χ2v) is 7.52. The molecule has 0 amide bonds. The fourth-order valence-electron chi connectivity index (χ4n) is 2.97. The van der Waals surface area contributed by atoms with Crippen LogP contribution in [0.3, 0.4) is 0 Å². The molecule has 4 rings (SSSR count). The molecule has 2 aromatic carbocycles. The lowest BCUT2D eigenvalue weighted by Crippen LogP contribution is -2.40. The van der Waals surface area contributed by atoms with Crippen molar-refractivity contribution in [3.63, 3.8) is 0 Å². The van der Waals surface area contributed by atoms with E-state index in [2.05, 4.69) is 10.1 Å². The zero-order valence-electron chi connectivity index (χ0n) is 16.9. The van der Waals surface area contributed by atoms with Gasteiger partial charge in [-0.2, -0.15) is 4.98 Å². The predicted octanol–water partition coefficient (Wildman–Crippen LogP) is 3.54. The van der Waals surface area contributed by atoms with E-state index in [1.807, 2.05) is 38.1 Å². The third-order valence-electron chi connectivity index (χ3n) is 4.42. The van der Waals surface area contributed by atoms with Crippen molar-refractivity contribution in [2.75, 3.05) is 0 Å². The number of benzene rings is 2. The fourth-order valence-corrected chi connectivity index (χ4v) is 3.10. The quantitative estimate of drug-likeness (QED) is 0.427. The molecule has 0 aliphatic carbocycles. The zero-order valence-corrected chi connectivity index (χ0v) is 17.6. The van der Waals surface area contributed by atoms with E-state index in [0.717, 1.165) is 11.3 Å². The number of ether oxygens (including phenoxy) is 1. The van der Waals surface area contributed by atoms with Gasteiger partial charge in [-0.3, -0.25) is 18.7 Å². The van der Waals surface area contributed by atoms with Gasteiger partial charge in [0.05, 0.1) is 6.10 Å². The van der Waals surface area contributed by atoms with E-state index in [-0.39, 0.29) is 18.5 Å². The van der Waals surface area contributed by atoms with Crippen LogP contribution in [0.15, 0.2) is 75.0 Å². The molecular formula is C22H19ClN4O4. The maximum Gasteiger partial charge on any atom is 0.320 e. The van der Waals surface area contributed by atoms with E-state index in [1.54, 1.807) is 24.3 Å². The van der Waals surface area contributed by atoms with Gasteiger partial charge in [-0.05, 0) is 62.4 Å². The molecule has 31 heavy (non-hydrogen) atoms. The molecule has 0 saturated heterocycles. The lowest BCUT2D eigenvalue weighted by atomic mass is 10.2. The molecule has 0 aliphatic rings. The zero-order chi connectivity index (χ0) is 22.0. The Balaban J connectivity index is 1.54. The van der Waals surface area contributed by atoms with Crippen LogP contribution < -0.4 is 15.9 Å². The van der Waals surface area contributed by atoms with E-state index in [4.69, 9.17) is 20.9 Å². The van der Waals surface area contributed by atoms with Crippen LogP contribution in [0.4, 0.5) is 0 Å². The average molecular weight is 439 g/mol. The van der Waals surface area contributed by atoms with Crippen LogP contribution >= 0.6 is 11.6 Å². The minimum absolute atomic E-state index is 0.0168. The molecule has 8 nitrogen and oxygen atoms in total. The van der Waals surface area contributed by atoms with Crippen LogP contribution in [-0.4, -0.2) is 25.4 Å². The molecule has 0 saturated carbocycles. The van der Waals surface area contributed by atoms with E-state index in [0.29, 0.717) is 16.5 Å². The van der Waals surface area contributed by atoms with Crippen LogP contribution in [0.5, 0.6) is 5.75 Å². The smallest absolute Gasteiger partial charge is 0.320 e. The van der Waals surface area contributed by atoms with Crippen LogP contribution in [0.25, 0.3) is 17.1 Å². The summed E-state index contributed by atoms with van der Waals surface area (Å²) in [6.45, 7) is 3.89. The largest absolute Gasteiger partial charge is 0.491 e. The Labute approximate surface area is 182 Å². The Bertz CT molecular complexity index is 1310. The second-order valence-electron chi connectivity index (χ2n) is 7.09. The summed E-state index contributed by atoms with van der Waals surface area (Å²) in [7, 11) is 0. The van der Waals surface area contributed by atoms with Crippen molar-refractivity contribution in [2.24, 2.45) is 0 Å². The number of nitrogens with zero attached hydrogens (tertiary/aromatic N) is 4. The Morgan fingerprint density at radius 2 is 1.71 bits per heavy atom. The van der Waals surface area contributed by atoms with Gasteiger partial charge in [-0.25, -0.2) is 0 Å². The topological polar surface area (TPSA) is 92.2 Å². The van der Waals surface area contributed by atoms with Crippen molar-refractivity contribution in [2.45, 2.75) is 26.5 Å². The van der Waals surface area contributed by atoms with Crippen molar-refractivity contribution < 1.29 is 9.26 Å². The number of halogens is 1. The van der Waals surface area contributed by atoms with Gasteiger partial charge in [0.15, 0.2) is 0 Å². The van der Waals surface area contributed by atoms with Crippen molar-refractivity contribution in [3.05, 3.63) is 92.5 Å². The summed E-state index contributed by atoms with van der Waals surface area (Å²) in [5.74, 6) is 1.34. The summed E-state index contributed by atoms with van der Waals surface area (Å²) in [6.07, 6.45) is 3.09. The number of hydrogen-bond acceptors (Lipinski definition) is 6. The van der Waals surface area contributed by atoms with Crippen LogP contribution in [0.2, 0.25) is 5.02 Å². The van der Waals surface area contributed by atoms with E-state index in [1.165, 1.54) is 21.5 Å². The first kappa shape index (κ1) is 20.6. The van der Waals surface area contributed by atoms with Gasteiger partial charge < -0.3 is 9.26 Å². The highest BCUT2D eigenvalue weighted by atomic mass is 35.5. The maximum atomic E-state index is 12.5. The molecule has 0 fully saturated rings. The lowest BCUT2D eigenvalue weighted by molar-refractivity contribution is 0.242. The van der Waals surface area contributed by atoms with Gasteiger partial charge in [0.2, 0.25) is 11.7 Å². The second kappa shape index (κ2) is 8.61. The van der Waals surface area contributed by atoms with E-state index in [9.17, 15) is 9.59 Å². The van der Waals surface area contributed by atoms with Crippen LogP contribution in [0.1, 0.15) is 19.7 Å². The van der Waals surface area contributed by atoms with E-state index >= 15 is 0 Å². The van der Waals surface area contributed by atoms with Gasteiger partial charge >= 0.3 is 11.1 Å². The van der Waals surface area contributed by atoms with Gasteiger partial charge in [0.25, 0.3) is 0 Å². The predicted molar refractivity (Wildman–Crippen MR) is 116 cm³/mol. The minimum atomic E-state index is -0.701. The maximum absolute atomic E-state index is 12.5. The first-order chi connectivity index (χ1) is 14.9. The summed E-state index contributed by atoms with van der Waals surface area (Å²) >= 11 is 5.88. The highest BCUT2D eigenvalue weighted by Gasteiger charge is 2.13. The van der Waals surface area contributed by atoms with E-state index < -0.39 is 11.1 Å². The standard InChI is InChI=1S/C22H19ClN4O4/c1-14(2)30-18-9-3-15(4-10-18)20-24-19(31-25-20)13-26-11-12-27(22(29)21(26)28)17-7-5-16(23)6-8-17/h3-12,14H,13H2,1-2H3. The lowest BCUT2D eigenvalue weighted by Gasteiger charge is -2.09. The average Bonchev–Trinajstić information content (AvgIpc) is 3.21. The molecule has 2 aromatic heterocycles. The summed E-state index contributed by atoms with van der Waals surface area (Å²) in [5, 5.41) is 4.50. The minimum Gasteiger partial charge on any atom is -0.491 e. The summed E-state index contributed by atoms with van der Waals surface area (Å²) in [4.78, 5) is 29.4. The molecular weight excluding hydrogens is 420 g/mol. The van der Waals surface area contributed by atoms with Gasteiger partial charge in [-0.1, -0.05) is 16.8 Å². The van der Waals surface area contributed by atoms with Crippen molar-refractivity contribution >= 4 is 11.6 Å². The Morgan fingerprint density at radius 1 is 1.00 bits per heavy atom. The van der Waals surface area contributed by atoms with Gasteiger partial charge in [-0.15, -0.1) is 0 Å². The van der Waals surface area contributed by atoms with Crippen molar-refractivity contribution in [1.82, 2.24) is 19.3 Å². The summed E-state index contributed by atoms with van der Waals surface area (Å²) in [6, 6.07) is 13.9. The molecule has 158 valence electrons. The number of aromatic nitrogens is 4. The molecule has 0 spiro atoms. The molecule has 0 atom stereocenters. The van der Waals surface area contributed by atoms with Crippen LogP contribution in [0, 0.1) is 0 Å².